The van der Waals surface area contributed by atoms with Gasteiger partial charge in [-0.3, -0.25) is 4.79 Å². The standard InChI is InChI=1S/C21H23ClN4O2/c22-16-4-1-15(2-5-16)13-26(20(27)8-3-14-9-10-23-12-14)17-6-7-18-19(11-17)25-21(28)24-18/h1-2,4-7,11,14,23H,3,8-10,12-13H2,(H2,24,25,28). The number of aromatic nitrogens is 2. The van der Waals surface area contributed by atoms with Crippen molar-refractivity contribution in [1.29, 1.82) is 0 Å². The van der Waals surface area contributed by atoms with Crippen molar-refractivity contribution in [3.8, 4) is 0 Å². The van der Waals surface area contributed by atoms with E-state index in [0.29, 0.717) is 29.4 Å². The van der Waals surface area contributed by atoms with Gasteiger partial charge in [-0.2, -0.15) is 0 Å². The molecule has 3 aromatic rings. The van der Waals surface area contributed by atoms with Crippen molar-refractivity contribution in [2.75, 3.05) is 18.0 Å². The molecule has 1 saturated heterocycles. The molecular weight excluding hydrogens is 376 g/mol. The molecule has 1 aliphatic rings. The minimum Gasteiger partial charge on any atom is -0.316 e. The zero-order valence-corrected chi connectivity index (χ0v) is 16.3. The summed E-state index contributed by atoms with van der Waals surface area (Å²) in [6.45, 7) is 2.48. The molecule has 1 aromatic heterocycles. The van der Waals surface area contributed by atoms with Crippen molar-refractivity contribution >= 4 is 34.2 Å². The van der Waals surface area contributed by atoms with E-state index in [2.05, 4.69) is 15.3 Å². The molecule has 4 rings (SSSR count). The molecule has 7 heteroatoms. The summed E-state index contributed by atoms with van der Waals surface area (Å²) in [5.74, 6) is 0.643. The molecule has 0 saturated carbocycles. The van der Waals surface area contributed by atoms with Gasteiger partial charge < -0.3 is 20.2 Å². The van der Waals surface area contributed by atoms with Gasteiger partial charge in [0.25, 0.3) is 0 Å². The van der Waals surface area contributed by atoms with Gasteiger partial charge in [-0.15, -0.1) is 0 Å². The maximum absolute atomic E-state index is 13.1. The Morgan fingerprint density at radius 3 is 2.64 bits per heavy atom. The van der Waals surface area contributed by atoms with Crippen LogP contribution in [-0.4, -0.2) is 29.0 Å². The number of hydrogen-bond acceptors (Lipinski definition) is 3. The maximum atomic E-state index is 13.1. The van der Waals surface area contributed by atoms with Crippen molar-refractivity contribution in [3.63, 3.8) is 0 Å². The van der Waals surface area contributed by atoms with Crippen LogP contribution in [0.5, 0.6) is 0 Å². The molecule has 146 valence electrons. The number of imidazole rings is 1. The van der Waals surface area contributed by atoms with Gasteiger partial charge in [-0.1, -0.05) is 23.7 Å². The minimum atomic E-state index is -0.253. The molecule has 3 N–H and O–H groups in total. The van der Waals surface area contributed by atoms with Crippen LogP contribution in [0.3, 0.4) is 0 Å². The van der Waals surface area contributed by atoms with E-state index < -0.39 is 0 Å². The average molecular weight is 399 g/mol. The fourth-order valence-electron chi connectivity index (χ4n) is 3.71. The van der Waals surface area contributed by atoms with Crippen LogP contribution in [-0.2, 0) is 11.3 Å². The lowest BCUT2D eigenvalue weighted by Gasteiger charge is -2.24. The zero-order valence-electron chi connectivity index (χ0n) is 15.5. The first-order valence-corrected chi connectivity index (χ1v) is 9.94. The lowest BCUT2D eigenvalue weighted by molar-refractivity contribution is -0.119. The number of nitrogens with one attached hydrogen (secondary N) is 3. The predicted octanol–water partition coefficient (Wildman–Crippen LogP) is 3.43. The maximum Gasteiger partial charge on any atom is 0.323 e. The predicted molar refractivity (Wildman–Crippen MR) is 112 cm³/mol. The SMILES string of the molecule is O=C(CCC1CCNC1)N(Cc1ccc(Cl)cc1)c1ccc2[nH]c(=O)[nH]c2c1. The topological polar surface area (TPSA) is 81.0 Å². The van der Waals surface area contributed by atoms with Gasteiger partial charge in [0.05, 0.1) is 17.6 Å². The first-order chi connectivity index (χ1) is 13.6. The number of carbonyl (C=O) groups is 1. The van der Waals surface area contributed by atoms with Gasteiger partial charge >= 0.3 is 5.69 Å². The van der Waals surface area contributed by atoms with Crippen molar-refractivity contribution < 1.29 is 4.79 Å². The Hall–Kier alpha value is -2.57. The molecule has 2 heterocycles. The summed E-state index contributed by atoms with van der Waals surface area (Å²) < 4.78 is 0. The fraction of sp³-hybridized carbons (Fsp3) is 0.333. The van der Waals surface area contributed by atoms with Gasteiger partial charge in [-0.05, 0) is 67.7 Å². The van der Waals surface area contributed by atoms with Crippen molar-refractivity contribution in [3.05, 3.63) is 63.5 Å². The highest BCUT2D eigenvalue weighted by molar-refractivity contribution is 6.30. The summed E-state index contributed by atoms with van der Waals surface area (Å²) in [4.78, 5) is 32.0. The first-order valence-electron chi connectivity index (χ1n) is 9.56. The third-order valence-corrected chi connectivity index (χ3v) is 5.55. The second-order valence-electron chi connectivity index (χ2n) is 7.31. The highest BCUT2D eigenvalue weighted by atomic mass is 35.5. The monoisotopic (exact) mass is 398 g/mol. The van der Waals surface area contributed by atoms with E-state index in [9.17, 15) is 9.59 Å². The number of hydrogen-bond donors (Lipinski definition) is 3. The summed E-state index contributed by atoms with van der Waals surface area (Å²) >= 11 is 5.99. The number of anilines is 1. The van der Waals surface area contributed by atoms with Crippen LogP contribution < -0.4 is 15.9 Å². The van der Waals surface area contributed by atoms with Crippen molar-refractivity contribution in [1.82, 2.24) is 15.3 Å². The zero-order chi connectivity index (χ0) is 19.5. The molecular formula is C21H23ClN4O2. The van der Waals surface area contributed by atoms with Crippen LogP contribution in [0.2, 0.25) is 5.02 Å². The van der Waals surface area contributed by atoms with Crippen molar-refractivity contribution in [2.45, 2.75) is 25.8 Å². The summed E-state index contributed by atoms with van der Waals surface area (Å²) in [5.41, 5.74) is 2.94. The number of nitrogens with zero attached hydrogens (tertiary/aromatic N) is 1. The fourth-order valence-corrected chi connectivity index (χ4v) is 3.83. The summed E-state index contributed by atoms with van der Waals surface area (Å²) in [5, 5.41) is 4.02. The number of halogens is 1. The summed E-state index contributed by atoms with van der Waals surface area (Å²) in [6, 6.07) is 13.1. The van der Waals surface area contributed by atoms with Crippen LogP contribution in [0.15, 0.2) is 47.3 Å². The molecule has 1 amide bonds. The third kappa shape index (κ3) is 4.29. The highest BCUT2D eigenvalue weighted by Gasteiger charge is 2.21. The third-order valence-electron chi connectivity index (χ3n) is 5.30. The second-order valence-corrected chi connectivity index (χ2v) is 7.75. The number of carbonyl (C=O) groups excluding carboxylic acids is 1. The van der Waals surface area contributed by atoms with E-state index in [-0.39, 0.29) is 11.6 Å². The summed E-state index contributed by atoms with van der Waals surface area (Å²) in [7, 11) is 0. The molecule has 0 radical (unpaired) electrons. The van der Waals surface area contributed by atoms with Gasteiger partial charge in [0, 0.05) is 17.1 Å². The van der Waals surface area contributed by atoms with E-state index in [1.54, 1.807) is 4.90 Å². The molecule has 0 spiro atoms. The molecule has 1 unspecified atom stereocenters. The second kappa shape index (κ2) is 8.20. The van der Waals surface area contributed by atoms with E-state index >= 15 is 0 Å². The number of benzene rings is 2. The lowest BCUT2D eigenvalue weighted by atomic mass is 10.0. The van der Waals surface area contributed by atoms with Crippen LogP contribution in [0.1, 0.15) is 24.8 Å². The van der Waals surface area contributed by atoms with Crippen LogP contribution >= 0.6 is 11.6 Å². The molecule has 2 aromatic carbocycles. The lowest BCUT2D eigenvalue weighted by Crippen LogP contribution is -2.30. The molecule has 6 nitrogen and oxygen atoms in total. The molecule has 1 aliphatic heterocycles. The Morgan fingerprint density at radius 1 is 1.11 bits per heavy atom. The van der Waals surface area contributed by atoms with Gasteiger partial charge in [0.15, 0.2) is 0 Å². The number of H-pyrrole nitrogens is 2. The Balaban J connectivity index is 1.59. The van der Waals surface area contributed by atoms with Gasteiger partial charge in [-0.25, -0.2) is 4.79 Å². The van der Waals surface area contributed by atoms with Gasteiger partial charge in [0.2, 0.25) is 5.91 Å². The molecule has 1 atom stereocenters. The Bertz CT molecular complexity index is 1020. The van der Waals surface area contributed by atoms with Crippen LogP contribution in [0, 0.1) is 5.92 Å². The Kier molecular flexibility index (Phi) is 5.50. The number of fused-ring (bicyclic) bond motifs is 1. The Morgan fingerprint density at radius 2 is 1.89 bits per heavy atom. The quantitative estimate of drug-likeness (QED) is 0.595. The number of amides is 1. The van der Waals surface area contributed by atoms with Gasteiger partial charge in [0.1, 0.15) is 0 Å². The highest BCUT2D eigenvalue weighted by Crippen LogP contribution is 2.24. The smallest absolute Gasteiger partial charge is 0.316 e. The molecule has 1 fully saturated rings. The molecule has 0 bridgehead atoms. The van der Waals surface area contributed by atoms with Crippen molar-refractivity contribution in [2.24, 2.45) is 5.92 Å². The van der Waals surface area contributed by atoms with E-state index in [1.807, 2.05) is 42.5 Å². The number of aromatic amines is 2. The normalized spacial score (nSPS) is 16.5. The largest absolute Gasteiger partial charge is 0.323 e. The van der Waals surface area contributed by atoms with E-state index in [0.717, 1.165) is 42.7 Å². The van der Waals surface area contributed by atoms with Crippen LogP contribution in [0.25, 0.3) is 11.0 Å². The van der Waals surface area contributed by atoms with E-state index in [4.69, 9.17) is 11.6 Å². The Labute approximate surface area is 167 Å². The number of rotatable bonds is 6. The van der Waals surface area contributed by atoms with E-state index in [1.165, 1.54) is 0 Å². The molecule has 0 aliphatic carbocycles. The van der Waals surface area contributed by atoms with Crippen LogP contribution in [0.4, 0.5) is 5.69 Å². The average Bonchev–Trinajstić information content (AvgIpc) is 3.33. The molecule has 28 heavy (non-hydrogen) atoms. The minimum absolute atomic E-state index is 0.0825. The summed E-state index contributed by atoms with van der Waals surface area (Å²) in [6.07, 6.45) is 2.51. The first kappa shape index (κ1) is 18.8.